The Hall–Kier alpha value is -0.670. The highest BCUT2D eigenvalue weighted by Crippen LogP contribution is 2.36. The molecule has 1 aromatic rings. The van der Waals surface area contributed by atoms with E-state index in [1.807, 2.05) is 31.2 Å². The molecule has 2 nitrogen and oxygen atoms in total. The molecule has 0 bridgehead atoms. The lowest BCUT2D eigenvalue weighted by Crippen LogP contribution is -2.34. The predicted molar refractivity (Wildman–Crippen MR) is 83.8 cm³/mol. The third kappa shape index (κ3) is 3.92. The zero-order chi connectivity index (χ0) is 14.7. The molecule has 1 aliphatic carbocycles. The third-order valence-corrected chi connectivity index (χ3v) is 5.46. The van der Waals surface area contributed by atoms with E-state index in [0.29, 0.717) is 17.8 Å². The van der Waals surface area contributed by atoms with E-state index in [-0.39, 0.29) is 6.10 Å². The van der Waals surface area contributed by atoms with Crippen molar-refractivity contribution in [3.8, 4) is 0 Å². The largest absolute Gasteiger partial charge is 0.283 e. The van der Waals surface area contributed by atoms with Crippen molar-refractivity contribution in [2.75, 3.05) is 0 Å². The van der Waals surface area contributed by atoms with Crippen molar-refractivity contribution < 1.29 is 8.39 Å². The van der Waals surface area contributed by atoms with E-state index in [1.165, 1.54) is 18.4 Å². The molecule has 3 heteroatoms. The van der Waals surface area contributed by atoms with Crippen LogP contribution in [-0.4, -0.2) is 10.3 Å². The summed E-state index contributed by atoms with van der Waals surface area (Å²) in [5.74, 6) is 1.79. The first kappa shape index (κ1) is 15.7. The lowest BCUT2D eigenvalue weighted by atomic mass is 9.75. The van der Waals surface area contributed by atoms with E-state index < -0.39 is 11.1 Å². The minimum atomic E-state index is -1.34. The number of hydrogen-bond acceptors (Lipinski definition) is 2. The molecule has 1 aliphatic rings. The topological polar surface area (TPSA) is 26.3 Å². The van der Waals surface area contributed by atoms with Crippen LogP contribution in [0.15, 0.2) is 29.2 Å². The van der Waals surface area contributed by atoms with Gasteiger partial charge in [-0.2, -0.15) is 0 Å². The molecule has 2 rings (SSSR count). The van der Waals surface area contributed by atoms with E-state index in [1.54, 1.807) is 0 Å². The van der Waals surface area contributed by atoms with Gasteiger partial charge in [-0.3, -0.25) is 4.18 Å². The van der Waals surface area contributed by atoms with Crippen LogP contribution in [0.1, 0.15) is 45.6 Å². The summed E-state index contributed by atoms with van der Waals surface area (Å²) in [7, 11) is 0. The average molecular weight is 294 g/mol. The second-order valence-corrected chi connectivity index (χ2v) is 7.64. The number of aryl methyl sites for hydroxylation is 1. The molecule has 0 N–H and O–H groups in total. The van der Waals surface area contributed by atoms with Crippen LogP contribution in [0.5, 0.6) is 0 Å². The standard InChI is InChI=1S/C17H26O2S/c1-12(2)16-10-7-14(4)11-17(16)19-20(18)15-8-5-13(3)6-9-15/h5-6,8-9,12,14,16-17H,7,10-11H2,1-4H3/t14?,16?,17-,20?/m1/s1. The summed E-state index contributed by atoms with van der Waals surface area (Å²) in [5, 5.41) is 0. The van der Waals surface area contributed by atoms with Crippen LogP contribution in [0.25, 0.3) is 0 Å². The molecule has 0 aromatic heterocycles. The van der Waals surface area contributed by atoms with E-state index in [0.717, 1.165) is 11.3 Å². The van der Waals surface area contributed by atoms with Crippen molar-refractivity contribution in [3.05, 3.63) is 29.8 Å². The first-order chi connectivity index (χ1) is 9.47. The van der Waals surface area contributed by atoms with Gasteiger partial charge in [-0.15, -0.1) is 0 Å². The molecule has 4 atom stereocenters. The van der Waals surface area contributed by atoms with E-state index in [4.69, 9.17) is 4.18 Å². The highest BCUT2D eigenvalue weighted by Gasteiger charge is 2.33. The normalized spacial score (nSPS) is 28.6. The van der Waals surface area contributed by atoms with Gasteiger partial charge < -0.3 is 0 Å². The fraction of sp³-hybridized carbons (Fsp3) is 0.647. The molecule has 1 aromatic carbocycles. The van der Waals surface area contributed by atoms with Crippen LogP contribution in [0.3, 0.4) is 0 Å². The lowest BCUT2D eigenvalue weighted by molar-refractivity contribution is 0.0567. The Labute approximate surface area is 125 Å². The molecule has 20 heavy (non-hydrogen) atoms. The van der Waals surface area contributed by atoms with Gasteiger partial charge in [0.2, 0.25) is 0 Å². The van der Waals surface area contributed by atoms with Gasteiger partial charge in [0, 0.05) is 0 Å². The Kier molecular flexibility index (Phi) is 5.39. The second-order valence-electron chi connectivity index (χ2n) is 6.51. The first-order valence-corrected chi connectivity index (χ1v) is 8.70. The van der Waals surface area contributed by atoms with E-state index >= 15 is 0 Å². The van der Waals surface area contributed by atoms with Crippen LogP contribution in [0, 0.1) is 24.7 Å². The van der Waals surface area contributed by atoms with Gasteiger partial charge in [0.1, 0.15) is 0 Å². The highest BCUT2D eigenvalue weighted by atomic mass is 32.2. The van der Waals surface area contributed by atoms with Gasteiger partial charge in [0.25, 0.3) is 0 Å². The monoisotopic (exact) mass is 294 g/mol. The summed E-state index contributed by atoms with van der Waals surface area (Å²) in [6.07, 6.45) is 3.61. The van der Waals surface area contributed by atoms with Crippen LogP contribution in [-0.2, 0) is 15.3 Å². The minimum absolute atomic E-state index is 0.126. The van der Waals surface area contributed by atoms with Crippen molar-refractivity contribution in [3.63, 3.8) is 0 Å². The fourth-order valence-corrected chi connectivity index (χ4v) is 3.96. The van der Waals surface area contributed by atoms with Gasteiger partial charge in [0.15, 0.2) is 11.1 Å². The summed E-state index contributed by atoms with van der Waals surface area (Å²) in [6.45, 7) is 8.78. The average Bonchev–Trinajstić information content (AvgIpc) is 2.39. The molecular weight excluding hydrogens is 268 g/mol. The molecule has 112 valence electrons. The molecule has 0 radical (unpaired) electrons. The lowest BCUT2D eigenvalue weighted by Gasteiger charge is -2.36. The Bertz CT molecular complexity index is 453. The van der Waals surface area contributed by atoms with Crippen LogP contribution < -0.4 is 0 Å². The van der Waals surface area contributed by atoms with Crippen molar-refractivity contribution in [2.24, 2.45) is 17.8 Å². The summed E-state index contributed by atoms with van der Waals surface area (Å²) in [5.41, 5.74) is 1.18. The quantitative estimate of drug-likeness (QED) is 0.817. The molecule has 1 saturated carbocycles. The zero-order valence-electron chi connectivity index (χ0n) is 13.0. The molecular formula is C17H26O2S. The van der Waals surface area contributed by atoms with Gasteiger partial charge in [0.05, 0.1) is 11.0 Å². The number of rotatable bonds is 4. The molecule has 0 aliphatic heterocycles. The Morgan fingerprint density at radius 1 is 1.20 bits per heavy atom. The summed E-state index contributed by atoms with van der Waals surface area (Å²) >= 11 is -1.34. The molecule has 0 spiro atoms. The van der Waals surface area contributed by atoms with E-state index in [2.05, 4.69) is 20.8 Å². The van der Waals surface area contributed by atoms with Crippen LogP contribution in [0.2, 0.25) is 0 Å². The fourth-order valence-electron chi connectivity index (χ4n) is 3.04. The zero-order valence-corrected chi connectivity index (χ0v) is 13.8. The van der Waals surface area contributed by atoms with Crippen molar-refractivity contribution in [1.82, 2.24) is 0 Å². The second kappa shape index (κ2) is 6.86. The maximum Gasteiger partial charge on any atom is 0.189 e. The maximum absolute atomic E-state index is 12.4. The molecule has 3 unspecified atom stereocenters. The minimum Gasteiger partial charge on any atom is -0.283 e. The van der Waals surface area contributed by atoms with Crippen molar-refractivity contribution >= 4 is 11.1 Å². The molecule has 0 saturated heterocycles. The van der Waals surface area contributed by atoms with Gasteiger partial charge in [-0.25, -0.2) is 4.21 Å². The molecule has 0 heterocycles. The number of hydrogen-bond donors (Lipinski definition) is 0. The van der Waals surface area contributed by atoms with Gasteiger partial charge in [-0.1, -0.05) is 44.9 Å². The number of benzene rings is 1. The summed E-state index contributed by atoms with van der Waals surface area (Å²) in [4.78, 5) is 0.774. The van der Waals surface area contributed by atoms with E-state index in [9.17, 15) is 4.21 Å². The van der Waals surface area contributed by atoms with Gasteiger partial charge >= 0.3 is 0 Å². The van der Waals surface area contributed by atoms with Crippen LogP contribution in [0.4, 0.5) is 0 Å². The van der Waals surface area contributed by atoms with Crippen molar-refractivity contribution in [2.45, 2.75) is 58.0 Å². The Morgan fingerprint density at radius 2 is 1.85 bits per heavy atom. The molecule has 1 fully saturated rings. The highest BCUT2D eigenvalue weighted by molar-refractivity contribution is 7.80. The van der Waals surface area contributed by atoms with Crippen LogP contribution >= 0.6 is 0 Å². The Balaban J connectivity index is 2.05. The summed E-state index contributed by atoms with van der Waals surface area (Å²) in [6, 6.07) is 7.78. The van der Waals surface area contributed by atoms with Crippen molar-refractivity contribution in [1.29, 1.82) is 0 Å². The molecule has 0 amide bonds. The predicted octanol–water partition coefficient (Wildman–Crippen LogP) is 4.50. The van der Waals surface area contributed by atoms with Gasteiger partial charge in [-0.05, 0) is 49.7 Å². The summed E-state index contributed by atoms with van der Waals surface area (Å²) < 4.78 is 18.3. The first-order valence-electron chi connectivity index (χ1n) is 7.63. The maximum atomic E-state index is 12.4. The Morgan fingerprint density at radius 3 is 2.45 bits per heavy atom. The SMILES string of the molecule is Cc1ccc(S(=O)O[C@@H]2CC(C)CCC2C(C)C)cc1. The smallest absolute Gasteiger partial charge is 0.189 e. The third-order valence-electron chi connectivity index (χ3n) is 4.39.